The van der Waals surface area contributed by atoms with Crippen LogP contribution in [0.2, 0.25) is 0 Å². The second-order valence-electron chi connectivity index (χ2n) is 4.08. The molecule has 1 aliphatic heterocycles. The smallest absolute Gasteiger partial charge is 0.311 e. The van der Waals surface area contributed by atoms with Crippen molar-refractivity contribution in [2.24, 2.45) is 5.92 Å². The van der Waals surface area contributed by atoms with E-state index in [2.05, 4.69) is 0 Å². The lowest BCUT2D eigenvalue weighted by Gasteiger charge is -2.05. The van der Waals surface area contributed by atoms with Gasteiger partial charge >= 0.3 is 5.97 Å². The Kier molecular flexibility index (Phi) is 3.50. The number of carbonyl (C=O) groups is 2. The SMILES string of the molecule is CC1=C(OC(=O)CC(C)C)C(=O)C(C)O1. The molecule has 1 atom stereocenters. The topological polar surface area (TPSA) is 52.6 Å². The van der Waals surface area contributed by atoms with Gasteiger partial charge in [-0.3, -0.25) is 9.59 Å². The molecule has 84 valence electrons. The normalized spacial score (nSPS) is 20.9. The molecule has 0 saturated carbocycles. The van der Waals surface area contributed by atoms with E-state index in [1.54, 1.807) is 13.8 Å². The molecule has 15 heavy (non-hydrogen) atoms. The number of esters is 1. The summed E-state index contributed by atoms with van der Waals surface area (Å²) in [5.74, 6) is 0.0287. The Bertz CT molecular complexity index is 315. The second-order valence-corrected chi connectivity index (χ2v) is 4.08. The van der Waals surface area contributed by atoms with Crippen molar-refractivity contribution in [2.45, 2.75) is 40.2 Å². The van der Waals surface area contributed by atoms with Gasteiger partial charge in [-0.05, 0) is 19.8 Å². The van der Waals surface area contributed by atoms with Crippen molar-refractivity contribution in [1.82, 2.24) is 0 Å². The van der Waals surface area contributed by atoms with Gasteiger partial charge in [0.1, 0.15) is 5.76 Å². The average Bonchev–Trinajstić information content (AvgIpc) is 2.31. The van der Waals surface area contributed by atoms with Crippen molar-refractivity contribution in [1.29, 1.82) is 0 Å². The van der Waals surface area contributed by atoms with Crippen LogP contribution in [0.15, 0.2) is 11.5 Å². The van der Waals surface area contributed by atoms with E-state index in [1.807, 2.05) is 13.8 Å². The first-order valence-corrected chi connectivity index (χ1v) is 5.04. The highest BCUT2D eigenvalue weighted by molar-refractivity contribution is 6.00. The molecule has 0 saturated heterocycles. The van der Waals surface area contributed by atoms with Gasteiger partial charge in [0, 0.05) is 6.42 Å². The van der Waals surface area contributed by atoms with Crippen LogP contribution in [-0.4, -0.2) is 17.9 Å². The molecule has 4 nitrogen and oxygen atoms in total. The van der Waals surface area contributed by atoms with E-state index in [1.165, 1.54) is 0 Å². The predicted molar refractivity (Wildman–Crippen MR) is 53.8 cm³/mol. The zero-order chi connectivity index (χ0) is 11.6. The third-order valence-corrected chi connectivity index (χ3v) is 2.06. The fraction of sp³-hybridized carbons (Fsp3) is 0.636. The highest BCUT2D eigenvalue weighted by Crippen LogP contribution is 2.22. The van der Waals surface area contributed by atoms with Gasteiger partial charge in [0.2, 0.25) is 11.5 Å². The minimum Gasteiger partial charge on any atom is -0.483 e. The number of Topliss-reactive ketones (excluding diaryl/α,β-unsaturated/α-hetero) is 1. The zero-order valence-electron chi connectivity index (χ0n) is 9.49. The van der Waals surface area contributed by atoms with Gasteiger partial charge in [-0.15, -0.1) is 0 Å². The van der Waals surface area contributed by atoms with E-state index in [0.29, 0.717) is 12.2 Å². The highest BCUT2D eigenvalue weighted by Gasteiger charge is 2.32. The van der Waals surface area contributed by atoms with Crippen molar-refractivity contribution < 1.29 is 19.1 Å². The summed E-state index contributed by atoms with van der Waals surface area (Å²) in [5, 5.41) is 0. The number of ether oxygens (including phenoxy) is 2. The van der Waals surface area contributed by atoms with Gasteiger partial charge in [-0.2, -0.15) is 0 Å². The summed E-state index contributed by atoms with van der Waals surface area (Å²) < 4.78 is 10.1. The minimum atomic E-state index is -0.535. The van der Waals surface area contributed by atoms with Crippen LogP contribution in [0.25, 0.3) is 0 Å². The van der Waals surface area contributed by atoms with Gasteiger partial charge in [-0.1, -0.05) is 13.8 Å². The molecule has 4 heteroatoms. The predicted octanol–water partition coefficient (Wildman–Crippen LogP) is 1.79. The molecule has 1 rings (SSSR count). The third kappa shape index (κ3) is 2.81. The number of carbonyl (C=O) groups excluding carboxylic acids is 2. The molecule has 0 spiro atoms. The van der Waals surface area contributed by atoms with Crippen LogP contribution in [0, 0.1) is 5.92 Å². The number of hydrogen-bond acceptors (Lipinski definition) is 4. The van der Waals surface area contributed by atoms with Crippen LogP contribution in [-0.2, 0) is 19.1 Å². The van der Waals surface area contributed by atoms with Crippen molar-refractivity contribution >= 4 is 11.8 Å². The Morgan fingerprint density at radius 2 is 2.13 bits per heavy atom. The Labute approximate surface area is 89.2 Å². The van der Waals surface area contributed by atoms with Crippen molar-refractivity contribution in [3.05, 3.63) is 11.5 Å². The molecule has 1 aliphatic rings. The molecule has 0 N–H and O–H groups in total. The standard InChI is InChI=1S/C11H16O4/c1-6(2)5-9(12)15-11-8(4)14-7(3)10(11)13/h6-7H,5H2,1-4H3. The van der Waals surface area contributed by atoms with Gasteiger partial charge in [0.25, 0.3) is 0 Å². The van der Waals surface area contributed by atoms with Crippen LogP contribution in [0.4, 0.5) is 0 Å². The summed E-state index contributed by atoms with van der Waals surface area (Å²) in [6, 6.07) is 0. The summed E-state index contributed by atoms with van der Waals surface area (Å²) in [7, 11) is 0. The van der Waals surface area contributed by atoms with Crippen molar-refractivity contribution in [3.63, 3.8) is 0 Å². The Hall–Kier alpha value is -1.32. The van der Waals surface area contributed by atoms with E-state index in [-0.39, 0.29) is 23.4 Å². The summed E-state index contributed by atoms with van der Waals surface area (Å²) in [4.78, 5) is 22.8. The molecule has 0 radical (unpaired) electrons. The van der Waals surface area contributed by atoms with Crippen molar-refractivity contribution in [2.75, 3.05) is 0 Å². The first-order valence-electron chi connectivity index (χ1n) is 5.04. The third-order valence-electron chi connectivity index (χ3n) is 2.06. The molecule has 1 heterocycles. The summed E-state index contributed by atoms with van der Waals surface area (Å²) >= 11 is 0. The molecule has 0 fully saturated rings. The Morgan fingerprint density at radius 3 is 2.53 bits per heavy atom. The van der Waals surface area contributed by atoms with Crippen LogP contribution >= 0.6 is 0 Å². The van der Waals surface area contributed by atoms with E-state index in [4.69, 9.17) is 9.47 Å². The fourth-order valence-corrected chi connectivity index (χ4v) is 1.34. The van der Waals surface area contributed by atoms with Gasteiger partial charge in [0.15, 0.2) is 6.10 Å². The Balaban J connectivity index is 2.62. The number of hydrogen-bond donors (Lipinski definition) is 0. The van der Waals surface area contributed by atoms with E-state index in [9.17, 15) is 9.59 Å². The summed E-state index contributed by atoms with van der Waals surface area (Å²) in [6.45, 7) is 7.09. The van der Waals surface area contributed by atoms with Crippen LogP contribution in [0.5, 0.6) is 0 Å². The average molecular weight is 212 g/mol. The molecule has 0 aromatic rings. The Morgan fingerprint density at radius 1 is 1.53 bits per heavy atom. The van der Waals surface area contributed by atoms with E-state index in [0.717, 1.165) is 0 Å². The summed E-state index contributed by atoms with van der Waals surface area (Å²) in [5.41, 5.74) is 0. The van der Waals surface area contributed by atoms with E-state index < -0.39 is 6.10 Å². The van der Waals surface area contributed by atoms with Gasteiger partial charge in [-0.25, -0.2) is 0 Å². The lowest BCUT2D eigenvalue weighted by Crippen LogP contribution is -2.17. The quantitative estimate of drug-likeness (QED) is 0.669. The van der Waals surface area contributed by atoms with Gasteiger partial charge < -0.3 is 9.47 Å². The molecule has 0 aromatic carbocycles. The van der Waals surface area contributed by atoms with Crippen LogP contribution in [0.1, 0.15) is 34.1 Å². The fourth-order valence-electron chi connectivity index (χ4n) is 1.34. The molecule has 0 bridgehead atoms. The van der Waals surface area contributed by atoms with E-state index >= 15 is 0 Å². The second kappa shape index (κ2) is 4.47. The number of rotatable bonds is 3. The van der Waals surface area contributed by atoms with Gasteiger partial charge in [0.05, 0.1) is 0 Å². The molecular formula is C11H16O4. The first kappa shape index (κ1) is 11.8. The number of allylic oxidation sites excluding steroid dienone is 1. The molecule has 0 aliphatic carbocycles. The maximum atomic E-state index is 11.5. The first-order chi connectivity index (χ1) is 6.91. The maximum absolute atomic E-state index is 11.5. The molecule has 0 amide bonds. The monoisotopic (exact) mass is 212 g/mol. The molecular weight excluding hydrogens is 196 g/mol. The van der Waals surface area contributed by atoms with Crippen LogP contribution in [0.3, 0.4) is 0 Å². The minimum absolute atomic E-state index is 0.0631. The number of ketones is 1. The molecule has 1 unspecified atom stereocenters. The molecule has 0 aromatic heterocycles. The lowest BCUT2D eigenvalue weighted by molar-refractivity contribution is -0.143. The zero-order valence-corrected chi connectivity index (χ0v) is 9.49. The summed E-state index contributed by atoms with van der Waals surface area (Å²) in [6.07, 6.45) is -0.231. The largest absolute Gasteiger partial charge is 0.483 e. The van der Waals surface area contributed by atoms with Crippen LogP contribution < -0.4 is 0 Å². The van der Waals surface area contributed by atoms with Crippen molar-refractivity contribution in [3.8, 4) is 0 Å². The maximum Gasteiger partial charge on any atom is 0.311 e. The lowest BCUT2D eigenvalue weighted by atomic mass is 10.1. The highest BCUT2D eigenvalue weighted by atomic mass is 16.6.